The molecule has 6 heteroatoms. The first-order chi connectivity index (χ1) is 12.2. The van der Waals surface area contributed by atoms with Gasteiger partial charge >= 0.3 is 0 Å². The van der Waals surface area contributed by atoms with E-state index in [2.05, 4.69) is 11.9 Å². The van der Waals surface area contributed by atoms with Crippen LogP contribution in [-0.2, 0) is 16.6 Å². The minimum atomic E-state index is -3.45. The molecule has 2 rings (SSSR count). The van der Waals surface area contributed by atoms with E-state index in [1.165, 1.54) is 10.6 Å². The summed E-state index contributed by atoms with van der Waals surface area (Å²) in [5.74, 6) is -0.189. The largest absolute Gasteiger partial charge is 0.349 e. The van der Waals surface area contributed by atoms with E-state index < -0.39 is 10.0 Å². The number of nitrogens with zero attached hydrogens (tertiary/aromatic N) is 1. The van der Waals surface area contributed by atoms with Gasteiger partial charge in [0, 0.05) is 12.1 Å². The van der Waals surface area contributed by atoms with Gasteiger partial charge in [0.1, 0.15) is 0 Å². The molecule has 2 aromatic rings. The van der Waals surface area contributed by atoms with Crippen LogP contribution in [0.25, 0.3) is 0 Å². The number of sulfonamides is 1. The normalized spacial score (nSPS) is 11.0. The van der Waals surface area contributed by atoms with Gasteiger partial charge in [-0.25, -0.2) is 8.42 Å². The Morgan fingerprint density at radius 1 is 1.12 bits per heavy atom. The first kappa shape index (κ1) is 19.7. The quantitative estimate of drug-likeness (QED) is 0.759. The van der Waals surface area contributed by atoms with Crippen molar-refractivity contribution in [1.29, 1.82) is 0 Å². The molecular formula is C20H24N2O3S. The predicted molar refractivity (Wildman–Crippen MR) is 106 cm³/mol. The third-order valence-corrected chi connectivity index (χ3v) is 4.98. The van der Waals surface area contributed by atoms with Gasteiger partial charge in [0.2, 0.25) is 10.0 Å². The van der Waals surface area contributed by atoms with Crippen molar-refractivity contribution in [3.63, 3.8) is 0 Å². The van der Waals surface area contributed by atoms with E-state index in [4.69, 9.17) is 0 Å². The predicted octanol–water partition coefficient (Wildman–Crippen LogP) is 3.19. The molecule has 0 bridgehead atoms. The Kier molecular flexibility index (Phi) is 6.21. The van der Waals surface area contributed by atoms with E-state index in [1.54, 1.807) is 30.3 Å². The van der Waals surface area contributed by atoms with Crippen LogP contribution in [-0.4, -0.2) is 27.1 Å². The number of hydrogen-bond donors (Lipinski definition) is 1. The van der Waals surface area contributed by atoms with Gasteiger partial charge in [-0.2, -0.15) is 0 Å². The fourth-order valence-electron chi connectivity index (χ4n) is 2.69. The zero-order valence-corrected chi connectivity index (χ0v) is 16.1. The fourth-order valence-corrected chi connectivity index (χ4v) is 3.56. The minimum absolute atomic E-state index is 0.189. The molecule has 0 radical (unpaired) electrons. The number of rotatable bonds is 7. The Morgan fingerprint density at radius 2 is 1.69 bits per heavy atom. The Labute approximate surface area is 155 Å². The summed E-state index contributed by atoms with van der Waals surface area (Å²) in [6.07, 6.45) is 2.81. The van der Waals surface area contributed by atoms with E-state index in [1.807, 2.05) is 32.0 Å². The molecule has 2 aromatic carbocycles. The van der Waals surface area contributed by atoms with Gasteiger partial charge in [0.05, 0.1) is 18.5 Å². The molecule has 0 saturated carbocycles. The summed E-state index contributed by atoms with van der Waals surface area (Å²) in [6, 6.07) is 12.6. The molecule has 0 unspecified atom stereocenters. The molecule has 0 aliphatic rings. The zero-order valence-electron chi connectivity index (χ0n) is 15.3. The van der Waals surface area contributed by atoms with Crippen LogP contribution in [0.2, 0.25) is 0 Å². The SMILES string of the molecule is C=CCNC(=O)c1ccc(CN(c2cc(C)cc(C)c2)S(C)(=O)=O)cc1. The average Bonchev–Trinajstić information content (AvgIpc) is 2.56. The lowest BCUT2D eigenvalue weighted by Gasteiger charge is -2.23. The zero-order chi connectivity index (χ0) is 19.3. The molecule has 0 atom stereocenters. The third-order valence-electron chi connectivity index (χ3n) is 3.84. The van der Waals surface area contributed by atoms with Gasteiger partial charge in [-0.3, -0.25) is 9.10 Å². The molecule has 5 nitrogen and oxygen atoms in total. The van der Waals surface area contributed by atoms with Crippen LogP contribution in [0.4, 0.5) is 5.69 Å². The lowest BCUT2D eigenvalue weighted by Crippen LogP contribution is -2.29. The van der Waals surface area contributed by atoms with Crippen molar-refractivity contribution in [2.24, 2.45) is 0 Å². The van der Waals surface area contributed by atoms with Crippen molar-refractivity contribution in [2.75, 3.05) is 17.1 Å². The van der Waals surface area contributed by atoms with Crippen LogP contribution in [0.5, 0.6) is 0 Å². The molecule has 1 amide bonds. The van der Waals surface area contributed by atoms with Crippen molar-refractivity contribution in [3.05, 3.63) is 77.4 Å². The molecule has 0 fully saturated rings. The molecule has 0 spiro atoms. The monoisotopic (exact) mass is 372 g/mol. The van der Waals surface area contributed by atoms with Crippen LogP contribution in [0.1, 0.15) is 27.0 Å². The van der Waals surface area contributed by atoms with E-state index in [0.29, 0.717) is 17.8 Å². The molecule has 138 valence electrons. The summed E-state index contributed by atoms with van der Waals surface area (Å²) in [5, 5.41) is 2.71. The van der Waals surface area contributed by atoms with E-state index in [-0.39, 0.29) is 12.5 Å². The Morgan fingerprint density at radius 3 is 2.19 bits per heavy atom. The maximum absolute atomic E-state index is 12.3. The molecule has 26 heavy (non-hydrogen) atoms. The van der Waals surface area contributed by atoms with Crippen LogP contribution in [0, 0.1) is 13.8 Å². The summed E-state index contributed by atoms with van der Waals surface area (Å²) in [6.45, 7) is 8.04. The number of carbonyl (C=O) groups is 1. The van der Waals surface area contributed by atoms with Crippen LogP contribution in [0.3, 0.4) is 0 Å². The highest BCUT2D eigenvalue weighted by atomic mass is 32.2. The fraction of sp³-hybridized carbons (Fsp3) is 0.250. The van der Waals surface area contributed by atoms with Crippen LogP contribution in [0.15, 0.2) is 55.1 Å². The first-order valence-electron chi connectivity index (χ1n) is 8.25. The summed E-state index contributed by atoms with van der Waals surface area (Å²) < 4.78 is 26.0. The summed E-state index contributed by atoms with van der Waals surface area (Å²) in [7, 11) is -3.45. The van der Waals surface area contributed by atoms with Gasteiger partial charge in [-0.15, -0.1) is 6.58 Å². The molecule has 0 aliphatic carbocycles. The highest BCUT2D eigenvalue weighted by molar-refractivity contribution is 7.92. The maximum atomic E-state index is 12.3. The number of amides is 1. The second-order valence-corrected chi connectivity index (χ2v) is 8.22. The van der Waals surface area contributed by atoms with E-state index >= 15 is 0 Å². The first-order valence-corrected chi connectivity index (χ1v) is 10.1. The van der Waals surface area contributed by atoms with Gasteiger partial charge in [-0.05, 0) is 54.8 Å². The number of anilines is 1. The average molecular weight is 372 g/mol. The second-order valence-electron chi connectivity index (χ2n) is 6.31. The number of carbonyl (C=O) groups excluding carboxylic acids is 1. The van der Waals surface area contributed by atoms with Crippen molar-refractivity contribution < 1.29 is 13.2 Å². The summed E-state index contributed by atoms with van der Waals surface area (Å²) in [5.41, 5.74) is 3.96. The van der Waals surface area contributed by atoms with Gasteiger partial charge in [-0.1, -0.05) is 24.3 Å². The highest BCUT2D eigenvalue weighted by Gasteiger charge is 2.18. The van der Waals surface area contributed by atoms with E-state index in [9.17, 15) is 13.2 Å². The van der Waals surface area contributed by atoms with Crippen molar-refractivity contribution in [1.82, 2.24) is 5.32 Å². The minimum Gasteiger partial charge on any atom is -0.349 e. The topological polar surface area (TPSA) is 66.5 Å². The van der Waals surface area contributed by atoms with Gasteiger partial charge in [0.25, 0.3) is 5.91 Å². The molecule has 0 heterocycles. The number of nitrogens with one attached hydrogen (secondary N) is 1. The standard InChI is InChI=1S/C20H24N2O3S/c1-5-10-21-20(23)18-8-6-17(7-9-18)14-22(26(4,24)25)19-12-15(2)11-16(3)13-19/h5-9,11-13H,1,10,14H2,2-4H3,(H,21,23). The molecule has 0 saturated heterocycles. The number of benzene rings is 2. The Bertz CT molecular complexity index is 883. The summed E-state index contributed by atoms with van der Waals surface area (Å²) in [4.78, 5) is 11.9. The Balaban J connectivity index is 2.27. The van der Waals surface area contributed by atoms with Crippen molar-refractivity contribution in [2.45, 2.75) is 20.4 Å². The van der Waals surface area contributed by atoms with Crippen molar-refractivity contribution >= 4 is 21.6 Å². The third kappa shape index (κ3) is 5.20. The second kappa shape index (κ2) is 8.19. The van der Waals surface area contributed by atoms with Gasteiger partial charge < -0.3 is 5.32 Å². The lowest BCUT2D eigenvalue weighted by atomic mass is 10.1. The van der Waals surface area contributed by atoms with Crippen molar-refractivity contribution in [3.8, 4) is 0 Å². The maximum Gasteiger partial charge on any atom is 0.251 e. The highest BCUT2D eigenvalue weighted by Crippen LogP contribution is 2.23. The smallest absolute Gasteiger partial charge is 0.251 e. The Hall–Kier alpha value is -2.60. The number of aryl methyl sites for hydroxylation is 2. The van der Waals surface area contributed by atoms with Crippen LogP contribution >= 0.6 is 0 Å². The molecule has 1 N–H and O–H groups in total. The molecule has 0 aromatic heterocycles. The van der Waals surface area contributed by atoms with Crippen LogP contribution < -0.4 is 9.62 Å². The lowest BCUT2D eigenvalue weighted by molar-refractivity contribution is 0.0958. The molecule has 0 aliphatic heterocycles. The summed E-state index contributed by atoms with van der Waals surface area (Å²) >= 11 is 0. The molecular weight excluding hydrogens is 348 g/mol. The number of hydrogen-bond acceptors (Lipinski definition) is 3. The van der Waals surface area contributed by atoms with E-state index in [0.717, 1.165) is 16.7 Å². The van der Waals surface area contributed by atoms with Gasteiger partial charge in [0.15, 0.2) is 0 Å².